The lowest BCUT2D eigenvalue weighted by molar-refractivity contribution is 0.00426. The molecular weight excluding hydrogens is 517 g/mol. The molecule has 0 radical (unpaired) electrons. The van der Waals surface area contributed by atoms with Gasteiger partial charge in [-0.25, -0.2) is 4.98 Å². The van der Waals surface area contributed by atoms with Crippen molar-refractivity contribution >= 4 is 74.2 Å². The van der Waals surface area contributed by atoms with Gasteiger partial charge in [0.15, 0.2) is 11.5 Å². The first-order valence-corrected chi connectivity index (χ1v) is 12.9. The quantitative estimate of drug-likeness (QED) is 0.138. The minimum Gasteiger partial charge on any atom is -0.395 e. The van der Waals surface area contributed by atoms with Crippen molar-refractivity contribution in [1.82, 2.24) is 30.3 Å². The summed E-state index contributed by atoms with van der Waals surface area (Å²) in [6, 6.07) is 3.65. The van der Waals surface area contributed by atoms with E-state index in [2.05, 4.69) is 63.5 Å². The molecular formula is C20H30N6O2S5. The van der Waals surface area contributed by atoms with Gasteiger partial charge in [-0.15, -0.1) is 0 Å². The summed E-state index contributed by atoms with van der Waals surface area (Å²) in [6.45, 7) is 5.79. The molecule has 4 unspecified atom stereocenters. The van der Waals surface area contributed by atoms with Crippen LogP contribution >= 0.6 is 63.1 Å². The van der Waals surface area contributed by atoms with Crippen molar-refractivity contribution in [3.05, 3.63) is 35.8 Å². The molecule has 33 heavy (non-hydrogen) atoms. The highest BCUT2D eigenvalue weighted by Crippen LogP contribution is 2.55. The zero-order chi connectivity index (χ0) is 24.4. The molecule has 4 rings (SSSR count). The largest absolute Gasteiger partial charge is 0.395 e. The van der Waals surface area contributed by atoms with Crippen LogP contribution in [0.25, 0.3) is 16.9 Å². The molecule has 8 nitrogen and oxygen atoms in total. The molecule has 1 fully saturated rings. The van der Waals surface area contributed by atoms with E-state index in [9.17, 15) is 5.11 Å². The van der Waals surface area contributed by atoms with Crippen LogP contribution in [0.15, 0.2) is 24.5 Å². The molecule has 3 aromatic heterocycles. The van der Waals surface area contributed by atoms with Crippen LogP contribution in [-0.4, -0.2) is 74.7 Å². The molecule has 0 aromatic carbocycles. The Hall–Kier alpha value is -0.540. The lowest BCUT2D eigenvalue weighted by Gasteiger charge is -2.52. The van der Waals surface area contributed by atoms with E-state index in [0.29, 0.717) is 28.8 Å². The van der Waals surface area contributed by atoms with Crippen molar-refractivity contribution in [2.45, 2.75) is 45.7 Å². The molecule has 1 aliphatic carbocycles. The van der Waals surface area contributed by atoms with Gasteiger partial charge in [0, 0.05) is 45.0 Å². The molecule has 0 aliphatic heterocycles. The fourth-order valence-corrected chi connectivity index (χ4v) is 6.14. The van der Waals surface area contributed by atoms with Gasteiger partial charge in [0.05, 0.1) is 19.0 Å². The summed E-state index contributed by atoms with van der Waals surface area (Å²) in [5.74, 6) is 0.683. The van der Waals surface area contributed by atoms with E-state index in [0.717, 1.165) is 18.8 Å². The van der Waals surface area contributed by atoms with Gasteiger partial charge in [0.1, 0.15) is 9.68 Å². The average Bonchev–Trinajstić information content (AvgIpc) is 3.45. The van der Waals surface area contributed by atoms with Crippen LogP contribution in [0.4, 0.5) is 0 Å². The number of H-pyrrole nitrogens is 1. The maximum absolute atomic E-state index is 11.8. The smallest absolute Gasteiger partial charge is 0.165 e. The van der Waals surface area contributed by atoms with Crippen LogP contribution in [0.2, 0.25) is 0 Å². The number of fused-ring (bicyclic) bond motifs is 1. The van der Waals surface area contributed by atoms with E-state index in [4.69, 9.17) is 30.4 Å². The Balaban J connectivity index is 0.000000454. The highest BCUT2D eigenvalue weighted by atomic mass is 32.2. The highest BCUT2D eigenvalue weighted by molar-refractivity contribution is 8.02. The van der Waals surface area contributed by atoms with Crippen LogP contribution in [0.5, 0.6) is 0 Å². The van der Waals surface area contributed by atoms with E-state index in [1.165, 1.54) is 0 Å². The second-order valence-electron chi connectivity index (χ2n) is 7.92. The van der Waals surface area contributed by atoms with Gasteiger partial charge in [-0.3, -0.25) is 5.10 Å². The molecule has 3 heterocycles. The van der Waals surface area contributed by atoms with Crippen molar-refractivity contribution in [3.63, 3.8) is 0 Å². The molecule has 182 valence electrons. The number of pyridine rings is 1. The third kappa shape index (κ3) is 5.20. The van der Waals surface area contributed by atoms with E-state index in [-0.39, 0.29) is 17.1 Å². The molecule has 13 heteroatoms. The Labute approximate surface area is 220 Å². The topological polar surface area (TPSA) is 112 Å². The summed E-state index contributed by atoms with van der Waals surface area (Å²) < 4.78 is 0.514. The van der Waals surface area contributed by atoms with Crippen LogP contribution in [0, 0.1) is 6.92 Å². The van der Waals surface area contributed by atoms with E-state index >= 15 is 0 Å². The number of hydrogen-bond acceptors (Lipinski definition) is 11. The Morgan fingerprint density at radius 2 is 2.03 bits per heavy atom. The molecule has 0 bridgehead atoms. The molecule has 0 saturated heterocycles. The number of hydrogen-bond donors (Lipinski definition) is 9. The molecule has 0 spiro atoms. The maximum Gasteiger partial charge on any atom is 0.165 e. The highest BCUT2D eigenvalue weighted by Gasteiger charge is 2.58. The van der Waals surface area contributed by atoms with Gasteiger partial charge >= 0.3 is 0 Å². The van der Waals surface area contributed by atoms with Crippen molar-refractivity contribution in [3.8, 4) is 5.82 Å². The van der Waals surface area contributed by atoms with Crippen LogP contribution in [0.3, 0.4) is 0 Å². The van der Waals surface area contributed by atoms with Gasteiger partial charge in [0.25, 0.3) is 0 Å². The number of nitrogens with zero attached hydrogens (tertiary/aromatic N) is 4. The zero-order valence-corrected chi connectivity index (χ0v) is 22.8. The third-order valence-corrected chi connectivity index (χ3v) is 9.66. The first kappa shape index (κ1) is 27.1. The number of aliphatic hydroxyl groups excluding tert-OH is 1. The Kier molecular flexibility index (Phi) is 9.04. The van der Waals surface area contributed by atoms with Gasteiger partial charge in [-0.1, -0.05) is 6.92 Å². The first-order valence-electron chi connectivity index (χ1n) is 10.5. The number of aliphatic hydroxyl groups is 2. The minimum atomic E-state index is -1.41. The predicted octanol–water partition coefficient (Wildman–Crippen LogP) is 2.08. The second-order valence-corrected chi connectivity index (χ2v) is 11.5. The standard InChI is InChI=1S/C16H19N5OS5.C4H11NO/c1-7-4-9(15(22)5-10(23)12(24)13(25)16(15,26)27)8-6-18-21(14(8)19-7)11-2-3-17-20-11;1-2-5-3-4-6/h2-4,6,10,12-13,22-27H,5H2,1H3,(H,17,20);5-6H,2-4H2,1H3. The van der Waals surface area contributed by atoms with Crippen molar-refractivity contribution in [2.24, 2.45) is 0 Å². The molecule has 4 atom stereocenters. The second kappa shape index (κ2) is 11.0. The lowest BCUT2D eigenvalue weighted by atomic mass is 9.76. The number of aryl methyl sites for hydroxylation is 1. The van der Waals surface area contributed by atoms with E-state index < -0.39 is 14.9 Å². The van der Waals surface area contributed by atoms with Gasteiger partial charge in [-0.2, -0.15) is 78.0 Å². The number of nitrogens with one attached hydrogen (secondary N) is 2. The molecule has 4 N–H and O–H groups in total. The Morgan fingerprint density at radius 1 is 1.30 bits per heavy atom. The molecule has 1 aliphatic rings. The maximum atomic E-state index is 11.8. The number of rotatable bonds is 5. The summed E-state index contributed by atoms with van der Waals surface area (Å²) >= 11 is 23.3. The molecule has 0 amide bonds. The molecule has 1 saturated carbocycles. The fraction of sp³-hybridized carbons (Fsp3) is 0.550. The number of likely N-dealkylation sites (N-methyl/N-ethyl adjacent to an activating group) is 1. The summed E-state index contributed by atoms with van der Waals surface area (Å²) in [4.78, 5) is 4.62. The normalized spacial score (nSPS) is 26.8. The van der Waals surface area contributed by atoms with Crippen molar-refractivity contribution in [2.75, 3.05) is 19.7 Å². The lowest BCUT2D eigenvalue weighted by Crippen LogP contribution is -2.60. The average molecular weight is 547 g/mol. The fourth-order valence-electron chi connectivity index (χ4n) is 3.84. The van der Waals surface area contributed by atoms with Gasteiger partial charge in [0.2, 0.25) is 0 Å². The summed E-state index contributed by atoms with van der Waals surface area (Å²) in [6.07, 6.45) is 3.65. The monoisotopic (exact) mass is 546 g/mol. The summed E-state index contributed by atoms with van der Waals surface area (Å²) in [5, 5.41) is 34.1. The number of aromatic nitrogens is 5. The first-order chi connectivity index (χ1) is 15.6. The number of thiol groups is 5. The third-order valence-electron chi connectivity index (χ3n) is 5.61. The SMILES string of the molecule is CCNCCO.Cc1cc(C2(O)CC(S)C(S)C(S)C2(S)S)c2cnn(-c3ccn[nH]3)c2n1. The molecule has 3 aromatic rings. The van der Waals surface area contributed by atoms with Crippen LogP contribution < -0.4 is 5.32 Å². The zero-order valence-electron chi connectivity index (χ0n) is 18.3. The van der Waals surface area contributed by atoms with Crippen molar-refractivity contribution < 1.29 is 10.2 Å². The Bertz CT molecular complexity index is 1060. The Morgan fingerprint density at radius 3 is 2.61 bits per heavy atom. The van der Waals surface area contributed by atoms with Crippen molar-refractivity contribution in [1.29, 1.82) is 0 Å². The summed E-state index contributed by atoms with van der Waals surface area (Å²) in [7, 11) is 0. The van der Waals surface area contributed by atoms with Crippen LogP contribution in [0.1, 0.15) is 24.6 Å². The van der Waals surface area contributed by atoms with E-state index in [1.54, 1.807) is 23.1 Å². The minimum absolute atomic E-state index is 0.168. The predicted molar refractivity (Wildman–Crippen MR) is 149 cm³/mol. The van der Waals surface area contributed by atoms with Gasteiger partial charge in [-0.05, 0) is 26.0 Å². The van der Waals surface area contributed by atoms with Crippen LogP contribution in [-0.2, 0) is 5.60 Å². The van der Waals surface area contributed by atoms with E-state index in [1.807, 2.05) is 19.9 Å². The van der Waals surface area contributed by atoms with Gasteiger partial charge < -0.3 is 15.5 Å². The summed E-state index contributed by atoms with van der Waals surface area (Å²) in [5.41, 5.74) is 0.591. The number of aromatic amines is 1.